The molecule has 0 aromatic rings. The molecule has 0 aliphatic carbocycles. The first-order chi connectivity index (χ1) is 10.6. The molecule has 3 amide bonds. The van der Waals surface area contributed by atoms with Gasteiger partial charge in [0.15, 0.2) is 5.72 Å². The van der Waals surface area contributed by atoms with E-state index in [9.17, 15) is 14.4 Å². The molecule has 4 rings (SSSR count). The van der Waals surface area contributed by atoms with Crippen molar-refractivity contribution in [3.05, 3.63) is 0 Å². The van der Waals surface area contributed by atoms with Gasteiger partial charge in [-0.1, -0.05) is 13.3 Å². The lowest BCUT2D eigenvalue weighted by atomic mass is 9.76. The summed E-state index contributed by atoms with van der Waals surface area (Å²) in [6.45, 7) is 3.21. The first-order valence-electron chi connectivity index (χ1n) is 8.07. The van der Waals surface area contributed by atoms with Crippen LogP contribution in [-0.2, 0) is 19.1 Å². The first kappa shape index (κ1) is 14.0. The lowest BCUT2D eigenvalue weighted by Gasteiger charge is -2.39. The van der Waals surface area contributed by atoms with Crippen molar-refractivity contribution in [2.45, 2.75) is 44.4 Å². The van der Waals surface area contributed by atoms with Crippen LogP contribution in [0.5, 0.6) is 0 Å². The third kappa shape index (κ3) is 1.57. The SMILES string of the molecule is CCC[C@H]1[C@H]2O[C@@]3(CCCN3C2=O)[C@H]1C(=O)N1CCOC1=O. The summed E-state index contributed by atoms with van der Waals surface area (Å²) < 4.78 is 11.0. The van der Waals surface area contributed by atoms with Crippen LogP contribution in [0.3, 0.4) is 0 Å². The number of rotatable bonds is 3. The topological polar surface area (TPSA) is 76.2 Å². The molecule has 0 aromatic carbocycles. The molecule has 0 radical (unpaired) electrons. The van der Waals surface area contributed by atoms with Gasteiger partial charge in [-0.05, 0) is 19.3 Å². The Morgan fingerprint density at radius 2 is 2.18 bits per heavy atom. The van der Waals surface area contributed by atoms with Crippen LogP contribution in [0, 0.1) is 11.8 Å². The predicted octanol–water partition coefficient (Wildman–Crippen LogP) is 0.729. The molecule has 4 aliphatic rings. The maximum absolute atomic E-state index is 13.0. The molecule has 4 saturated heterocycles. The van der Waals surface area contributed by atoms with Crippen LogP contribution in [0.25, 0.3) is 0 Å². The fraction of sp³-hybridized carbons (Fsp3) is 0.800. The number of amides is 3. The Morgan fingerprint density at radius 3 is 2.86 bits per heavy atom. The van der Waals surface area contributed by atoms with Crippen LogP contribution in [0.1, 0.15) is 32.6 Å². The minimum atomic E-state index is -0.818. The maximum Gasteiger partial charge on any atom is 0.416 e. The molecule has 7 heteroatoms. The van der Waals surface area contributed by atoms with Crippen molar-refractivity contribution in [1.82, 2.24) is 9.80 Å². The van der Waals surface area contributed by atoms with Crippen LogP contribution < -0.4 is 0 Å². The Bertz CT molecular complexity index is 550. The highest BCUT2D eigenvalue weighted by molar-refractivity contribution is 5.98. The van der Waals surface area contributed by atoms with E-state index in [1.807, 2.05) is 6.92 Å². The quantitative estimate of drug-likeness (QED) is 0.768. The van der Waals surface area contributed by atoms with Gasteiger partial charge in [0, 0.05) is 12.5 Å². The zero-order chi connectivity index (χ0) is 15.5. The van der Waals surface area contributed by atoms with Crippen molar-refractivity contribution in [2.24, 2.45) is 11.8 Å². The minimum Gasteiger partial charge on any atom is -0.447 e. The first-order valence-corrected chi connectivity index (χ1v) is 8.07. The summed E-state index contributed by atoms with van der Waals surface area (Å²) in [4.78, 5) is 40.1. The molecule has 2 bridgehead atoms. The summed E-state index contributed by atoms with van der Waals surface area (Å²) in [5, 5.41) is 0. The molecular formula is C15H20N2O5. The lowest BCUT2D eigenvalue weighted by Crippen LogP contribution is -2.58. The Balaban J connectivity index is 1.70. The van der Waals surface area contributed by atoms with Gasteiger partial charge in [-0.15, -0.1) is 0 Å². The van der Waals surface area contributed by atoms with Gasteiger partial charge < -0.3 is 14.4 Å². The average Bonchev–Trinajstić information content (AvgIpc) is 3.20. The van der Waals surface area contributed by atoms with E-state index in [4.69, 9.17) is 9.47 Å². The normalized spacial score (nSPS) is 39.6. The molecule has 0 N–H and O–H groups in total. The van der Waals surface area contributed by atoms with Crippen molar-refractivity contribution in [3.8, 4) is 0 Å². The third-order valence-electron chi connectivity index (χ3n) is 5.43. The van der Waals surface area contributed by atoms with Crippen molar-refractivity contribution < 1.29 is 23.9 Å². The van der Waals surface area contributed by atoms with Gasteiger partial charge in [0.25, 0.3) is 5.91 Å². The van der Waals surface area contributed by atoms with E-state index in [0.29, 0.717) is 19.5 Å². The molecule has 0 unspecified atom stereocenters. The standard InChI is InChI=1S/C15H20N2O5/c1-2-4-9-10(12(18)16-7-8-21-14(16)20)15-5-3-6-17(15)13(19)11(9)22-15/h9-11H,2-8H2,1H3/t9-,10-,11-,15+/m1/s1. The van der Waals surface area contributed by atoms with Crippen molar-refractivity contribution in [3.63, 3.8) is 0 Å². The molecule has 0 aromatic heterocycles. The second-order valence-electron chi connectivity index (χ2n) is 6.51. The summed E-state index contributed by atoms with van der Waals surface area (Å²) in [6.07, 6.45) is 2.05. The fourth-order valence-electron chi connectivity index (χ4n) is 4.62. The maximum atomic E-state index is 13.0. The fourth-order valence-corrected chi connectivity index (χ4v) is 4.62. The van der Waals surface area contributed by atoms with Gasteiger partial charge in [-0.25, -0.2) is 9.69 Å². The van der Waals surface area contributed by atoms with E-state index < -0.39 is 23.8 Å². The monoisotopic (exact) mass is 308 g/mol. The van der Waals surface area contributed by atoms with Crippen LogP contribution in [-0.4, -0.2) is 59.2 Å². The van der Waals surface area contributed by atoms with E-state index in [2.05, 4.69) is 0 Å². The number of fused-ring (bicyclic) bond motifs is 1. The zero-order valence-electron chi connectivity index (χ0n) is 12.6. The summed E-state index contributed by atoms with van der Waals surface area (Å²) in [5.74, 6) is -0.789. The number of cyclic esters (lactones) is 1. The smallest absolute Gasteiger partial charge is 0.416 e. The largest absolute Gasteiger partial charge is 0.447 e. The molecule has 1 spiro atoms. The summed E-state index contributed by atoms with van der Waals surface area (Å²) in [7, 11) is 0. The molecule has 4 heterocycles. The predicted molar refractivity (Wildman–Crippen MR) is 73.5 cm³/mol. The van der Waals surface area contributed by atoms with Gasteiger partial charge in [0.2, 0.25) is 5.91 Å². The molecule has 0 saturated carbocycles. The number of hydrogen-bond acceptors (Lipinski definition) is 5. The highest BCUT2D eigenvalue weighted by Crippen LogP contribution is 2.56. The summed E-state index contributed by atoms with van der Waals surface area (Å²) >= 11 is 0. The number of carbonyl (C=O) groups excluding carboxylic acids is 3. The average molecular weight is 308 g/mol. The highest BCUT2D eigenvalue weighted by Gasteiger charge is 2.71. The van der Waals surface area contributed by atoms with E-state index in [-0.39, 0.29) is 24.3 Å². The second-order valence-corrected chi connectivity index (χ2v) is 6.51. The van der Waals surface area contributed by atoms with E-state index >= 15 is 0 Å². The van der Waals surface area contributed by atoms with Gasteiger partial charge >= 0.3 is 6.09 Å². The number of carbonyl (C=O) groups is 3. The van der Waals surface area contributed by atoms with Gasteiger partial charge in [0.1, 0.15) is 12.7 Å². The van der Waals surface area contributed by atoms with E-state index in [1.54, 1.807) is 4.90 Å². The molecule has 22 heavy (non-hydrogen) atoms. The lowest BCUT2D eigenvalue weighted by molar-refractivity contribution is -0.151. The van der Waals surface area contributed by atoms with E-state index in [0.717, 1.165) is 19.3 Å². The number of piperidine rings is 1. The van der Waals surface area contributed by atoms with Crippen LogP contribution in [0.2, 0.25) is 0 Å². The molecular weight excluding hydrogens is 288 g/mol. The molecule has 4 fully saturated rings. The molecule has 4 atom stereocenters. The highest BCUT2D eigenvalue weighted by atomic mass is 16.6. The second kappa shape index (κ2) is 4.68. The van der Waals surface area contributed by atoms with Gasteiger partial charge in [0.05, 0.1) is 12.5 Å². The molecule has 4 aliphatic heterocycles. The minimum absolute atomic E-state index is 0.0176. The van der Waals surface area contributed by atoms with Gasteiger partial charge in [-0.2, -0.15) is 0 Å². The summed E-state index contributed by atoms with van der Waals surface area (Å²) in [5.41, 5.74) is -0.818. The zero-order valence-corrected chi connectivity index (χ0v) is 12.6. The number of hydrogen-bond donors (Lipinski definition) is 0. The Morgan fingerprint density at radius 1 is 1.36 bits per heavy atom. The van der Waals surface area contributed by atoms with Crippen LogP contribution in [0.15, 0.2) is 0 Å². The van der Waals surface area contributed by atoms with Crippen molar-refractivity contribution in [1.29, 1.82) is 0 Å². The van der Waals surface area contributed by atoms with Crippen molar-refractivity contribution in [2.75, 3.05) is 19.7 Å². The van der Waals surface area contributed by atoms with Crippen LogP contribution in [0.4, 0.5) is 4.79 Å². The number of ether oxygens (including phenoxy) is 2. The van der Waals surface area contributed by atoms with Crippen LogP contribution >= 0.6 is 0 Å². The number of imide groups is 1. The molecule has 120 valence electrons. The van der Waals surface area contributed by atoms with Gasteiger partial charge in [-0.3, -0.25) is 9.59 Å². The Labute approximate surface area is 128 Å². The Hall–Kier alpha value is -1.63. The third-order valence-corrected chi connectivity index (χ3v) is 5.43. The van der Waals surface area contributed by atoms with Crippen molar-refractivity contribution >= 4 is 17.9 Å². The summed E-state index contributed by atoms with van der Waals surface area (Å²) in [6, 6.07) is 0. The number of nitrogens with zero attached hydrogens (tertiary/aromatic N) is 2. The van der Waals surface area contributed by atoms with E-state index in [1.165, 1.54) is 4.90 Å². The molecule has 7 nitrogen and oxygen atoms in total. The Kier molecular flexibility index (Phi) is 2.98.